The first kappa shape index (κ1) is 43.9. The lowest BCUT2D eigenvalue weighted by atomic mass is 9.96. The van der Waals surface area contributed by atoms with Crippen molar-refractivity contribution in [1.82, 2.24) is 0 Å². The molecule has 0 saturated carbocycles. The van der Waals surface area contributed by atoms with Crippen LogP contribution in [0.3, 0.4) is 0 Å². The van der Waals surface area contributed by atoms with E-state index in [0.29, 0.717) is 11.1 Å². The van der Waals surface area contributed by atoms with Crippen molar-refractivity contribution >= 4 is 18.0 Å². The lowest BCUT2D eigenvalue weighted by Gasteiger charge is -2.48. The number of aromatic hydroxyl groups is 4. The molecule has 0 bridgehead atoms. The summed E-state index contributed by atoms with van der Waals surface area (Å²) in [5, 5.41) is 124. The van der Waals surface area contributed by atoms with Gasteiger partial charge in [-0.05, 0) is 54.8 Å². The van der Waals surface area contributed by atoms with Crippen molar-refractivity contribution in [2.45, 2.75) is 112 Å². The second-order valence-electron chi connectivity index (χ2n) is 13.6. The van der Waals surface area contributed by atoms with Crippen LogP contribution in [-0.2, 0) is 49.2 Å². The van der Waals surface area contributed by atoms with Gasteiger partial charge in [-0.25, -0.2) is 4.79 Å². The summed E-state index contributed by atoms with van der Waals surface area (Å²) in [5.74, 6) is -3.59. The van der Waals surface area contributed by atoms with Gasteiger partial charge >= 0.3 is 11.9 Å². The molecule has 0 aliphatic carbocycles. The van der Waals surface area contributed by atoms with Crippen molar-refractivity contribution in [2.24, 2.45) is 0 Å². The molecule has 0 spiro atoms. The average Bonchev–Trinajstić information content (AvgIpc) is 3.18. The Morgan fingerprint density at radius 1 is 0.667 bits per heavy atom. The van der Waals surface area contributed by atoms with Crippen molar-refractivity contribution in [3.63, 3.8) is 0 Å². The molecule has 21 nitrogen and oxygen atoms in total. The Labute approximate surface area is 323 Å². The fraction of sp³-hybridized carbons (Fsp3) is 0.556. The van der Waals surface area contributed by atoms with Gasteiger partial charge in [-0.2, -0.15) is 0 Å². The van der Waals surface area contributed by atoms with Crippen LogP contribution in [-0.4, -0.2) is 179 Å². The fourth-order valence-electron chi connectivity index (χ4n) is 6.22. The summed E-state index contributed by atoms with van der Waals surface area (Å²) < 4.78 is 38.9. The summed E-state index contributed by atoms with van der Waals surface area (Å²) in [4.78, 5) is 25.6. The number of phenolic OH excluding ortho intramolecular Hbond substituents is 4. The molecule has 57 heavy (non-hydrogen) atoms. The summed E-state index contributed by atoms with van der Waals surface area (Å²) >= 11 is 0. The van der Waals surface area contributed by atoms with Crippen molar-refractivity contribution in [3.8, 4) is 23.0 Å². The topological polar surface area (TPSA) is 342 Å². The number of carbonyl (C=O) groups excluding carboxylic acids is 2. The van der Waals surface area contributed by atoms with Gasteiger partial charge in [0, 0.05) is 12.5 Å². The van der Waals surface area contributed by atoms with Gasteiger partial charge in [-0.3, -0.25) is 4.79 Å². The first-order chi connectivity index (χ1) is 27.0. The monoisotopic (exact) mass is 814 g/mol. The third kappa shape index (κ3) is 10.5. The highest BCUT2D eigenvalue weighted by atomic mass is 16.8. The van der Waals surface area contributed by atoms with Gasteiger partial charge in [0.25, 0.3) is 0 Å². The molecule has 15 atom stereocenters. The third-order valence-electron chi connectivity index (χ3n) is 9.56. The van der Waals surface area contributed by atoms with Crippen molar-refractivity contribution in [1.29, 1.82) is 0 Å². The van der Waals surface area contributed by atoms with Gasteiger partial charge in [0.2, 0.25) is 6.29 Å². The predicted molar refractivity (Wildman–Crippen MR) is 184 cm³/mol. The molecule has 2 aromatic rings. The Morgan fingerprint density at radius 2 is 1.32 bits per heavy atom. The molecule has 3 heterocycles. The number of carbonyl (C=O) groups is 2. The SMILES string of the molecule is C[C@@H]1O[C@@H](O[C@@H]2[C@@H](O)[C@H](OC(=O)CCc3ccc(O)c(O)c3)O[C@H](COC(=O)/C=C/c3ccc(O)c(O)c3)[C@H]2O)[C@H](O[C@@H]2O[C@H](CO)[C@@H](O)[C@H](O)[C@H]2O)[C@H](O)[C@H]1O. The number of benzene rings is 2. The third-order valence-corrected chi connectivity index (χ3v) is 9.56. The van der Waals surface area contributed by atoms with E-state index in [1.54, 1.807) is 0 Å². The normalized spacial score (nSPS) is 35.8. The van der Waals surface area contributed by atoms with Crippen LogP contribution in [0.2, 0.25) is 0 Å². The molecular formula is C36H46O21. The van der Waals surface area contributed by atoms with E-state index in [1.165, 1.54) is 49.4 Å². The first-order valence-electron chi connectivity index (χ1n) is 17.7. The van der Waals surface area contributed by atoms with Gasteiger partial charge in [0.1, 0.15) is 73.8 Å². The van der Waals surface area contributed by atoms with E-state index >= 15 is 0 Å². The van der Waals surface area contributed by atoms with E-state index in [1.807, 2.05) is 0 Å². The molecule has 21 heteroatoms. The van der Waals surface area contributed by atoms with Gasteiger partial charge in [0.15, 0.2) is 35.6 Å². The van der Waals surface area contributed by atoms with E-state index in [9.17, 15) is 70.9 Å². The van der Waals surface area contributed by atoms with E-state index in [0.717, 1.165) is 6.08 Å². The number of rotatable bonds is 13. The average molecular weight is 815 g/mol. The van der Waals surface area contributed by atoms with Crippen LogP contribution in [0, 0.1) is 0 Å². The lowest BCUT2D eigenvalue weighted by Crippen LogP contribution is -2.66. The smallest absolute Gasteiger partial charge is 0.330 e. The van der Waals surface area contributed by atoms with E-state index < -0.39 is 135 Å². The molecular weight excluding hydrogens is 768 g/mol. The molecule has 0 aromatic heterocycles. The van der Waals surface area contributed by atoms with Crippen LogP contribution in [0.5, 0.6) is 23.0 Å². The number of esters is 2. The second-order valence-corrected chi connectivity index (χ2v) is 13.6. The molecule has 0 amide bonds. The van der Waals surface area contributed by atoms with Crippen LogP contribution in [0.15, 0.2) is 42.5 Å². The zero-order chi connectivity index (χ0) is 41.7. The van der Waals surface area contributed by atoms with Crippen LogP contribution >= 0.6 is 0 Å². The van der Waals surface area contributed by atoms with E-state index in [2.05, 4.69) is 0 Å². The maximum Gasteiger partial charge on any atom is 0.330 e. The van der Waals surface area contributed by atoms with Crippen molar-refractivity contribution < 1.29 is 104 Å². The van der Waals surface area contributed by atoms with Gasteiger partial charge in [-0.15, -0.1) is 0 Å². The standard InChI is InChI=1S/C36H46O21/c1-14-25(44)29(48)33(57-34-30(49)28(47)26(45)21(12-37)53-34)36(52-14)56-32-27(46)22(13-51-23(42)8-4-15-2-6-17(38)19(40)10-15)54-35(31(32)50)55-24(43)9-5-16-3-7-18(39)20(41)11-16/h2-4,6-8,10-11,14,21-22,25-41,44-50H,5,9,12-13H2,1H3/b8-4+/t14-,21+,22+,25-,26+,27+,28-,29+,30+,31+,32-,33+,34-,35-,36-/m0/s1. The zero-order valence-corrected chi connectivity index (χ0v) is 30.1. The van der Waals surface area contributed by atoms with Crippen LogP contribution in [0.25, 0.3) is 6.08 Å². The Hall–Kier alpha value is -4.20. The zero-order valence-electron chi connectivity index (χ0n) is 30.1. The number of ether oxygens (including phenoxy) is 7. The van der Waals surface area contributed by atoms with Crippen LogP contribution in [0.1, 0.15) is 24.5 Å². The summed E-state index contributed by atoms with van der Waals surface area (Å²) in [6, 6.07) is 7.61. The molecule has 316 valence electrons. The Kier molecular flexibility index (Phi) is 14.7. The highest BCUT2D eigenvalue weighted by Crippen LogP contribution is 2.34. The molecule has 3 aliphatic heterocycles. The fourth-order valence-corrected chi connectivity index (χ4v) is 6.22. The van der Waals surface area contributed by atoms with Gasteiger partial charge in [-0.1, -0.05) is 12.1 Å². The van der Waals surface area contributed by atoms with Crippen LogP contribution < -0.4 is 0 Å². The minimum atomic E-state index is -2.04. The van der Waals surface area contributed by atoms with Crippen molar-refractivity contribution in [2.75, 3.05) is 13.2 Å². The molecule has 2 aromatic carbocycles. The summed E-state index contributed by atoms with van der Waals surface area (Å²) in [6.45, 7) is -0.236. The number of aliphatic hydroxyl groups excluding tert-OH is 8. The highest BCUT2D eigenvalue weighted by molar-refractivity contribution is 5.87. The van der Waals surface area contributed by atoms with Crippen molar-refractivity contribution in [3.05, 3.63) is 53.6 Å². The minimum Gasteiger partial charge on any atom is -0.504 e. The summed E-state index contributed by atoms with van der Waals surface area (Å²) in [5.41, 5.74) is 0.732. The number of hydrogen-bond acceptors (Lipinski definition) is 21. The maximum absolute atomic E-state index is 13.0. The first-order valence-corrected chi connectivity index (χ1v) is 17.7. The Morgan fingerprint density at radius 3 is 1.98 bits per heavy atom. The summed E-state index contributed by atoms with van der Waals surface area (Å²) in [7, 11) is 0. The maximum atomic E-state index is 13.0. The molecule has 0 radical (unpaired) electrons. The number of hydrogen-bond donors (Lipinski definition) is 12. The van der Waals surface area contributed by atoms with Gasteiger partial charge < -0.3 is 94.4 Å². The molecule has 0 unspecified atom stereocenters. The Balaban J connectivity index is 1.35. The molecule has 3 aliphatic rings. The van der Waals surface area contributed by atoms with Crippen LogP contribution in [0.4, 0.5) is 0 Å². The predicted octanol–water partition coefficient (Wildman–Crippen LogP) is -3.27. The lowest BCUT2D eigenvalue weighted by molar-refractivity contribution is -0.385. The van der Waals surface area contributed by atoms with E-state index in [-0.39, 0.29) is 18.6 Å². The van der Waals surface area contributed by atoms with E-state index in [4.69, 9.17) is 33.2 Å². The Bertz CT molecular complexity index is 1700. The quantitative estimate of drug-likeness (QED) is 0.0536. The second kappa shape index (κ2) is 19.0. The number of aryl methyl sites for hydroxylation is 1. The highest BCUT2D eigenvalue weighted by Gasteiger charge is 2.54. The molecule has 5 rings (SSSR count). The number of aliphatic hydroxyl groups is 8. The largest absolute Gasteiger partial charge is 0.504 e. The molecule has 3 fully saturated rings. The minimum absolute atomic E-state index is 0.00475. The molecule has 12 N–H and O–H groups in total. The van der Waals surface area contributed by atoms with Gasteiger partial charge in [0.05, 0.1) is 12.7 Å². The molecule has 3 saturated heterocycles. The summed E-state index contributed by atoms with van der Waals surface area (Å²) in [6.07, 6.45) is -24.8. The number of phenols is 4.